The Kier molecular flexibility index (Phi) is 8.06. The third-order valence-electron chi connectivity index (χ3n) is 3.88. The fourth-order valence-corrected chi connectivity index (χ4v) is 2.62. The number of rotatable bonds is 9. The number of carbonyl (C=O) groups is 1. The van der Waals surface area contributed by atoms with E-state index in [1.54, 1.807) is 0 Å². The van der Waals surface area contributed by atoms with Crippen molar-refractivity contribution in [2.24, 2.45) is 5.92 Å². The number of aliphatic hydroxyl groups is 1. The molecule has 23 heavy (non-hydrogen) atoms. The van der Waals surface area contributed by atoms with Crippen LogP contribution in [-0.2, 0) is 6.54 Å². The van der Waals surface area contributed by atoms with Crippen molar-refractivity contribution in [1.29, 1.82) is 0 Å². The van der Waals surface area contributed by atoms with Gasteiger partial charge in [0.05, 0.1) is 12.1 Å². The highest BCUT2D eigenvalue weighted by Gasteiger charge is 2.25. The van der Waals surface area contributed by atoms with Crippen LogP contribution in [0, 0.1) is 5.92 Å². The maximum absolute atomic E-state index is 11.0. The van der Waals surface area contributed by atoms with Gasteiger partial charge in [-0.1, -0.05) is 44.2 Å². The summed E-state index contributed by atoms with van der Waals surface area (Å²) in [6.45, 7) is 9.37. The molecular formula is C18H30N2O3. The maximum atomic E-state index is 11.0. The molecule has 3 N–H and O–H groups in total. The van der Waals surface area contributed by atoms with Crippen LogP contribution in [0.4, 0.5) is 4.79 Å². The Morgan fingerprint density at radius 1 is 1.17 bits per heavy atom. The first-order chi connectivity index (χ1) is 10.8. The van der Waals surface area contributed by atoms with Crippen LogP contribution >= 0.6 is 0 Å². The van der Waals surface area contributed by atoms with E-state index in [4.69, 9.17) is 5.11 Å². The molecule has 0 heterocycles. The van der Waals surface area contributed by atoms with Gasteiger partial charge in [0.15, 0.2) is 0 Å². The zero-order valence-corrected chi connectivity index (χ0v) is 14.6. The summed E-state index contributed by atoms with van der Waals surface area (Å²) in [5.41, 5.74) is 1.18. The lowest BCUT2D eigenvalue weighted by atomic mass is 9.98. The second-order valence-corrected chi connectivity index (χ2v) is 6.76. The van der Waals surface area contributed by atoms with Crippen LogP contribution in [0.3, 0.4) is 0 Å². The number of aliphatic hydroxyl groups excluding tert-OH is 1. The summed E-state index contributed by atoms with van der Waals surface area (Å²) in [6, 6.07) is 9.90. The highest BCUT2D eigenvalue weighted by molar-refractivity contribution is 5.64. The largest absolute Gasteiger partial charge is 0.465 e. The van der Waals surface area contributed by atoms with Crippen LogP contribution in [0.2, 0.25) is 0 Å². The minimum absolute atomic E-state index is 0.259. The molecule has 0 aliphatic rings. The van der Waals surface area contributed by atoms with Gasteiger partial charge in [0.2, 0.25) is 0 Å². The maximum Gasteiger partial charge on any atom is 0.404 e. The molecule has 0 fully saturated rings. The minimum atomic E-state index is -1.09. The molecule has 0 aliphatic heterocycles. The zero-order valence-electron chi connectivity index (χ0n) is 14.6. The van der Waals surface area contributed by atoms with Crippen LogP contribution in [0.1, 0.15) is 39.7 Å². The van der Waals surface area contributed by atoms with Gasteiger partial charge in [-0.2, -0.15) is 0 Å². The van der Waals surface area contributed by atoms with E-state index < -0.39 is 18.2 Å². The Hall–Kier alpha value is -1.59. The van der Waals surface area contributed by atoms with E-state index in [2.05, 4.69) is 36.2 Å². The molecule has 0 spiro atoms. The van der Waals surface area contributed by atoms with Gasteiger partial charge in [-0.25, -0.2) is 4.79 Å². The SMILES string of the molecule is CC(C)CC(NC(=O)O)[C@@H](O)CN(Cc1ccccc1)C(C)C. The normalized spacial score (nSPS) is 14.3. The Labute approximate surface area is 139 Å². The number of nitrogens with zero attached hydrogens (tertiary/aromatic N) is 1. The summed E-state index contributed by atoms with van der Waals surface area (Å²) in [4.78, 5) is 13.1. The Balaban J connectivity index is 2.73. The van der Waals surface area contributed by atoms with Crippen molar-refractivity contribution >= 4 is 6.09 Å². The van der Waals surface area contributed by atoms with E-state index in [1.165, 1.54) is 5.56 Å². The third kappa shape index (κ3) is 7.48. The zero-order chi connectivity index (χ0) is 17.4. The van der Waals surface area contributed by atoms with Crippen molar-refractivity contribution < 1.29 is 15.0 Å². The highest BCUT2D eigenvalue weighted by atomic mass is 16.4. The molecule has 2 atom stereocenters. The molecule has 0 aliphatic carbocycles. The quantitative estimate of drug-likeness (QED) is 0.653. The van der Waals surface area contributed by atoms with Gasteiger partial charge in [0.1, 0.15) is 0 Å². The topological polar surface area (TPSA) is 72.8 Å². The molecule has 5 nitrogen and oxygen atoms in total. The van der Waals surface area contributed by atoms with Crippen LogP contribution in [0.15, 0.2) is 30.3 Å². The van der Waals surface area contributed by atoms with Crippen molar-refractivity contribution in [2.45, 2.75) is 58.8 Å². The summed E-state index contributed by atoms with van der Waals surface area (Å²) in [5, 5.41) is 22.0. The Morgan fingerprint density at radius 2 is 1.78 bits per heavy atom. The molecule has 1 aromatic carbocycles. The van der Waals surface area contributed by atoms with Gasteiger partial charge < -0.3 is 15.5 Å². The first kappa shape index (κ1) is 19.5. The Morgan fingerprint density at radius 3 is 2.26 bits per heavy atom. The van der Waals surface area contributed by atoms with Gasteiger partial charge >= 0.3 is 6.09 Å². The number of hydrogen-bond donors (Lipinski definition) is 3. The number of carboxylic acid groups (broad SMARTS) is 1. The summed E-state index contributed by atoms with van der Waals surface area (Å²) >= 11 is 0. The fourth-order valence-electron chi connectivity index (χ4n) is 2.62. The number of amides is 1. The summed E-state index contributed by atoms with van der Waals surface area (Å²) in [7, 11) is 0. The second-order valence-electron chi connectivity index (χ2n) is 6.76. The molecule has 0 aromatic heterocycles. The van der Waals surface area contributed by atoms with Crippen LogP contribution in [-0.4, -0.2) is 45.9 Å². The predicted octanol–water partition coefficient (Wildman–Crippen LogP) is 2.94. The molecule has 130 valence electrons. The average Bonchev–Trinajstić information content (AvgIpc) is 2.45. The lowest BCUT2D eigenvalue weighted by Gasteiger charge is -2.32. The predicted molar refractivity (Wildman–Crippen MR) is 92.4 cm³/mol. The van der Waals surface area contributed by atoms with Crippen molar-refractivity contribution in [3.63, 3.8) is 0 Å². The van der Waals surface area contributed by atoms with E-state index >= 15 is 0 Å². The van der Waals surface area contributed by atoms with Gasteiger partial charge in [0.25, 0.3) is 0 Å². The summed E-state index contributed by atoms with van der Waals surface area (Å²) < 4.78 is 0. The number of hydrogen-bond acceptors (Lipinski definition) is 3. The second kappa shape index (κ2) is 9.53. The van der Waals surface area contributed by atoms with E-state index in [-0.39, 0.29) is 6.04 Å². The lowest BCUT2D eigenvalue weighted by Crippen LogP contribution is -2.49. The van der Waals surface area contributed by atoms with Gasteiger partial charge in [-0.3, -0.25) is 4.90 Å². The molecule has 0 radical (unpaired) electrons. The fraction of sp³-hybridized carbons (Fsp3) is 0.611. The Bertz CT molecular complexity index is 463. The van der Waals surface area contributed by atoms with E-state index in [0.29, 0.717) is 18.9 Å². The smallest absolute Gasteiger partial charge is 0.404 e. The first-order valence-corrected chi connectivity index (χ1v) is 8.25. The molecule has 0 saturated carbocycles. The third-order valence-corrected chi connectivity index (χ3v) is 3.88. The molecule has 1 aromatic rings. The molecule has 1 amide bonds. The van der Waals surface area contributed by atoms with E-state index in [1.807, 2.05) is 32.0 Å². The summed E-state index contributed by atoms with van der Waals surface area (Å²) in [6.07, 6.45) is -1.21. The average molecular weight is 322 g/mol. The van der Waals surface area contributed by atoms with Crippen LogP contribution in [0.25, 0.3) is 0 Å². The molecule has 5 heteroatoms. The highest BCUT2D eigenvalue weighted by Crippen LogP contribution is 2.14. The molecular weight excluding hydrogens is 292 g/mol. The first-order valence-electron chi connectivity index (χ1n) is 8.25. The van der Waals surface area contributed by atoms with Gasteiger partial charge in [0, 0.05) is 19.1 Å². The van der Waals surface area contributed by atoms with Crippen molar-refractivity contribution in [1.82, 2.24) is 10.2 Å². The van der Waals surface area contributed by atoms with Crippen molar-refractivity contribution in [3.05, 3.63) is 35.9 Å². The number of nitrogens with one attached hydrogen (secondary N) is 1. The molecule has 0 bridgehead atoms. The molecule has 1 unspecified atom stereocenters. The van der Waals surface area contributed by atoms with Gasteiger partial charge in [-0.15, -0.1) is 0 Å². The minimum Gasteiger partial charge on any atom is -0.465 e. The lowest BCUT2D eigenvalue weighted by molar-refractivity contribution is 0.0563. The summed E-state index contributed by atoms with van der Waals surface area (Å²) in [5.74, 6) is 0.308. The van der Waals surface area contributed by atoms with Gasteiger partial charge in [-0.05, 0) is 31.7 Å². The number of benzene rings is 1. The van der Waals surface area contributed by atoms with Crippen molar-refractivity contribution in [3.8, 4) is 0 Å². The van der Waals surface area contributed by atoms with Crippen molar-refractivity contribution in [2.75, 3.05) is 6.54 Å². The van der Waals surface area contributed by atoms with Crippen LogP contribution < -0.4 is 5.32 Å². The standard InChI is InChI=1S/C18H30N2O3/c1-13(2)10-16(19-18(22)23)17(21)12-20(14(3)4)11-15-8-6-5-7-9-15/h5-9,13-14,16-17,19,21H,10-12H2,1-4H3,(H,22,23)/t16?,17-/m0/s1. The molecule has 1 rings (SSSR count). The van der Waals surface area contributed by atoms with E-state index in [0.717, 1.165) is 6.54 Å². The molecule has 0 saturated heterocycles. The van der Waals surface area contributed by atoms with Crippen LogP contribution in [0.5, 0.6) is 0 Å². The van der Waals surface area contributed by atoms with E-state index in [9.17, 15) is 9.90 Å². The monoisotopic (exact) mass is 322 g/mol.